The summed E-state index contributed by atoms with van der Waals surface area (Å²) in [6.45, 7) is 4.89. The van der Waals surface area contributed by atoms with Gasteiger partial charge in [-0.15, -0.1) is 0 Å². The maximum Gasteiger partial charge on any atom is 0.184 e. The minimum Gasteiger partial charge on any atom is -0.457 e. The second kappa shape index (κ2) is 11.3. The summed E-state index contributed by atoms with van der Waals surface area (Å²) in [6, 6.07) is 26.0. The van der Waals surface area contributed by atoms with Gasteiger partial charge in [0.2, 0.25) is 0 Å². The van der Waals surface area contributed by atoms with Gasteiger partial charge in [-0.3, -0.25) is 0 Å². The van der Waals surface area contributed by atoms with Gasteiger partial charge >= 0.3 is 0 Å². The first kappa shape index (κ1) is 24.6. The fourth-order valence-corrected chi connectivity index (χ4v) is 4.24. The van der Waals surface area contributed by atoms with Crippen molar-refractivity contribution in [1.29, 1.82) is 5.26 Å². The van der Waals surface area contributed by atoms with Gasteiger partial charge in [0.05, 0.1) is 29.5 Å². The fourth-order valence-electron chi connectivity index (χ4n) is 3.62. The third-order valence-corrected chi connectivity index (χ3v) is 5.87. The van der Waals surface area contributed by atoms with Crippen LogP contribution in [0.2, 0.25) is 0 Å². The molecule has 3 aromatic carbocycles. The quantitative estimate of drug-likeness (QED) is 0.273. The van der Waals surface area contributed by atoms with E-state index < -0.39 is 6.29 Å². The normalized spacial score (nSPS) is 15.1. The van der Waals surface area contributed by atoms with E-state index in [9.17, 15) is 5.26 Å². The zero-order valence-corrected chi connectivity index (χ0v) is 20.2. The summed E-state index contributed by atoms with van der Waals surface area (Å²) in [6.07, 6.45) is -0.466. The monoisotopic (exact) mass is 504 g/mol. The molecule has 0 bridgehead atoms. The van der Waals surface area contributed by atoms with Crippen LogP contribution in [0.1, 0.15) is 23.0 Å². The molecule has 0 unspecified atom stereocenters. The Morgan fingerprint density at radius 2 is 1.57 bits per heavy atom. The molecule has 176 valence electrons. The molecule has 0 aromatic heterocycles. The van der Waals surface area contributed by atoms with Crippen LogP contribution in [0.25, 0.3) is 11.3 Å². The number of nitrogens with zero attached hydrogens (tertiary/aromatic N) is 1. The summed E-state index contributed by atoms with van der Waals surface area (Å²) in [5.41, 5.74) is 9.16. The molecule has 0 saturated carbocycles. The topological polar surface area (TPSA) is 77.5 Å². The number of benzene rings is 3. The van der Waals surface area contributed by atoms with Crippen molar-refractivity contribution in [3.63, 3.8) is 0 Å². The van der Waals surface area contributed by atoms with E-state index in [-0.39, 0.29) is 21.3 Å². The Bertz CT molecular complexity index is 1320. The van der Waals surface area contributed by atoms with Crippen LogP contribution in [0.5, 0.6) is 11.5 Å². The van der Waals surface area contributed by atoms with E-state index in [1.807, 2.05) is 54.6 Å². The smallest absolute Gasteiger partial charge is 0.184 e. The van der Waals surface area contributed by atoms with Crippen molar-refractivity contribution in [3.8, 4) is 17.6 Å². The lowest BCUT2D eigenvalue weighted by molar-refractivity contribution is -0.0441. The maximum absolute atomic E-state index is 9.94. The van der Waals surface area contributed by atoms with Crippen LogP contribution >= 0.6 is 23.2 Å². The second-order valence-electron chi connectivity index (χ2n) is 7.63. The Kier molecular flexibility index (Phi) is 7.91. The van der Waals surface area contributed by atoms with E-state index in [4.69, 9.17) is 43.1 Å². The zero-order valence-electron chi connectivity index (χ0n) is 18.7. The zero-order chi connectivity index (χ0) is 24.8. The van der Waals surface area contributed by atoms with Crippen LogP contribution in [0, 0.1) is 11.3 Å². The Morgan fingerprint density at radius 1 is 0.914 bits per heavy atom. The Labute approximate surface area is 214 Å². The molecule has 1 aliphatic heterocycles. The highest BCUT2D eigenvalue weighted by molar-refractivity contribution is 6.43. The molecule has 4 rings (SSSR count). The molecule has 1 aliphatic rings. The Balaban J connectivity index is 1.69. The van der Waals surface area contributed by atoms with Crippen molar-refractivity contribution >= 4 is 34.5 Å². The van der Waals surface area contributed by atoms with E-state index in [0.717, 1.165) is 5.56 Å². The summed E-state index contributed by atoms with van der Waals surface area (Å²) >= 11 is 13.1. The lowest BCUT2D eigenvalue weighted by atomic mass is 9.98. The van der Waals surface area contributed by atoms with Crippen molar-refractivity contribution in [3.05, 3.63) is 118 Å². The lowest BCUT2D eigenvalue weighted by Gasteiger charge is -2.15. The maximum atomic E-state index is 9.94. The summed E-state index contributed by atoms with van der Waals surface area (Å²) in [7, 11) is 0. The van der Waals surface area contributed by atoms with Gasteiger partial charge in [-0.25, -0.2) is 0 Å². The fraction of sp³-hybridized carbons (Fsp3) is 0.107. The van der Waals surface area contributed by atoms with Gasteiger partial charge in [0.25, 0.3) is 0 Å². The molecule has 5 nitrogen and oxygen atoms in total. The van der Waals surface area contributed by atoms with Gasteiger partial charge in [-0.2, -0.15) is 5.26 Å². The van der Waals surface area contributed by atoms with Crippen molar-refractivity contribution in [2.75, 3.05) is 13.2 Å². The first-order valence-corrected chi connectivity index (χ1v) is 11.5. The van der Waals surface area contributed by atoms with E-state index in [0.29, 0.717) is 41.4 Å². The molecule has 1 saturated heterocycles. The number of nitrogens with two attached hydrogens (primary N) is 1. The van der Waals surface area contributed by atoms with E-state index in [1.165, 1.54) is 0 Å². The van der Waals surface area contributed by atoms with Crippen LogP contribution in [-0.4, -0.2) is 13.2 Å². The molecule has 3 aromatic rings. The largest absolute Gasteiger partial charge is 0.457 e. The molecule has 0 amide bonds. The summed E-state index contributed by atoms with van der Waals surface area (Å²) < 4.78 is 17.0. The number of hydrogen-bond donors (Lipinski definition) is 1. The molecular formula is C28H22Cl2N2O3. The Hall–Kier alpha value is -3.53. The minimum atomic E-state index is -0.466. The van der Waals surface area contributed by atoms with Gasteiger partial charge in [0.15, 0.2) is 6.29 Å². The van der Waals surface area contributed by atoms with Crippen LogP contribution in [0.15, 0.2) is 101 Å². The van der Waals surface area contributed by atoms with E-state index in [2.05, 4.69) is 12.6 Å². The Morgan fingerprint density at radius 3 is 2.20 bits per heavy atom. The number of ether oxygens (including phenoxy) is 3. The van der Waals surface area contributed by atoms with Crippen molar-refractivity contribution in [2.45, 2.75) is 6.29 Å². The molecular weight excluding hydrogens is 483 g/mol. The molecule has 35 heavy (non-hydrogen) atoms. The first-order valence-electron chi connectivity index (χ1n) is 10.8. The molecule has 1 fully saturated rings. The summed E-state index contributed by atoms with van der Waals surface area (Å²) in [4.78, 5) is 0. The second-order valence-corrected chi connectivity index (χ2v) is 8.47. The highest BCUT2D eigenvalue weighted by Crippen LogP contribution is 2.37. The van der Waals surface area contributed by atoms with Gasteiger partial charge in [-0.05, 0) is 53.6 Å². The minimum absolute atomic E-state index is 0.0824. The van der Waals surface area contributed by atoms with Crippen molar-refractivity contribution in [2.24, 2.45) is 5.73 Å². The number of hydrogen-bond acceptors (Lipinski definition) is 5. The standard InChI is InChI=1S/C28H22Cl2N2O3/c1-18(29)25(20-6-5-7-21(16-20)28-33-14-15-34-28)26(30)24(17-31)27(32)19-10-12-23(13-11-19)35-22-8-3-2-4-9-22/h2-13,16,28H,1,14-15,32H2/b26-25-,27-24-. The predicted octanol–water partition coefficient (Wildman–Crippen LogP) is 7.12. The number of rotatable bonds is 7. The number of allylic oxidation sites excluding steroid dienone is 4. The highest BCUT2D eigenvalue weighted by atomic mass is 35.5. The molecule has 0 aliphatic carbocycles. The molecule has 0 radical (unpaired) electrons. The predicted molar refractivity (Wildman–Crippen MR) is 139 cm³/mol. The number of halogens is 2. The van der Waals surface area contributed by atoms with E-state index in [1.54, 1.807) is 24.3 Å². The first-order chi connectivity index (χ1) is 17.0. The van der Waals surface area contributed by atoms with Gasteiger partial charge in [0, 0.05) is 16.2 Å². The van der Waals surface area contributed by atoms with Crippen LogP contribution in [0.3, 0.4) is 0 Å². The number of nitriles is 1. The number of para-hydroxylation sites is 1. The van der Waals surface area contributed by atoms with Crippen molar-refractivity contribution < 1.29 is 14.2 Å². The molecule has 7 heteroatoms. The molecule has 0 atom stereocenters. The molecule has 1 heterocycles. The summed E-state index contributed by atoms with van der Waals surface area (Å²) in [5.74, 6) is 1.35. The average molecular weight is 505 g/mol. The highest BCUT2D eigenvalue weighted by Gasteiger charge is 2.21. The van der Waals surface area contributed by atoms with Gasteiger partial charge < -0.3 is 19.9 Å². The van der Waals surface area contributed by atoms with Gasteiger partial charge in [-0.1, -0.05) is 66.2 Å². The van der Waals surface area contributed by atoms with Crippen LogP contribution < -0.4 is 10.5 Å². The van der Waals surface area contributed by atoms with Crippen molar-refractivity contribution in [1.82, 2.24) is 0 Å². The lowest BCUT2D eigenvalue weighted by Crippen LogP contribution is -2.03. The van der Waals surface area contributed by atoms with Crippen LogP contribution in [-0.2, 0) is 9.47 Å². The van der Waals surface area contributed by atoms with Crippen LogP contribution in [0.4, 0.5) is 0 Å². The molecule has 0 spiro atoms. The van der Waals surface area contributed by atoms with Gasteiger partial charge in [0.1, 0.15) is 17.6 Å². The third kappa shape index (κ3) is 5.76. The van der Waals surface area contributed by atoms with E-state index >= 15 is 0 Å². The SMILES string of the molecule is C=C(Cl)/C(=C(Cl)\C(C#N)=C(/N)c1ccc(Oc2ccccc2)cc1)c1cccc(C2OCCO2)c1. The summed E-state index contributed by atoms with van der Waals surface area (Å²) in [5, 5.41) is 10.2. The molecule has 2 N–H and O–H groups in total. The third-order valence-electron chi connectivity index (χ3n) is 5.30. The average Bonchev–Trinajstić information content (AvgIpc) is 3.41.